The first kappa shape index (κ1) is 23.9. The predicted octanol–water partition coefficient (Wildman–Crippen LogP) is 2.72. The summed E-state index contributed by atoms with van der Waals surface area (Å²) in [7, 11) is -3.50. The summed E-state index contributed by atoms with van der Waals surface area (Å²) in [5.74, 6) is 1.73. The number of nitrogens with one attached hydrogen (secondary N) is 2. The minimum atomic E-state index is -3.50. The third-order valence-corrected chi connectivity index (χ3v) is 6.84. The maximum Gasteiger partial charge on any atom is 0.191 e. The minimum Gasteiger partial charge on any atom is -0.464 e. The second-order valence-electron chi connectivity index (χ2n) is 5.90. The standard InChI is InChI=1S/C17H25N3O4S2.HI/c1-4-18-17(20-13(3)15-8-7-12(2)24-15)19-10-14(21)11-26(22,23)16-6-5-9-25-16;/h5-9,13-14,21H,4,10-11H2,1-3H3,(H2,18,19,20);1H. The fourth-order valence-electron chi connectivity index (χ4n) is 2.31. The smallest absolute Gasteiger partial charge is 0.191 e. The summed E-state index contributed by atoms with van der Waals surface area (Å²) < 4.78 is 30.2. The molecule has 0 bridgehead atoms. The van der Waals surface area contributed by atoms with Crippen LogP contribution in [0.2, 0.25) is 0 Å². The number of aliphatic imine (C=N–C) groups is 1. The molecule has 0 aliphatic carbocycles. The summed E-state index contributed by atoms with van der Waals surface area (Å²) in [6.07, 6.45) is -1.08. The van der Waals surface area contributed by atoms with Gasteiger partial charge in [-0.05, 0) is 44.4 Å². The lowest BCUT2D eigenvalue weighted by atomic mass is 10.2. The molecule has 3 N–H and O–H groups in total. The number of hydrogen-bond donors (Lipinski definition) is 3. The summed E-state index contributed by atoms with van der Waals surface area (Å²) in [5.41, 5.74) is 0. The van der Waals surface area contributed by atoms with Crippen molar-refractivity contribution in [2.75, 3.05) is 18.8 Å². The number of thiophene rings is 1. The molecule has 0 aliphatic heterocycles. The van der Waals surface area contributed by atoms with Gasteiger partial charge in [0.15, 0.2) is 15.8 Å². The van der Waals surface area contributed by atoms with Gasteiger partial charge in [0, 0.05) is 6.54 Å². The van der Waals surface area contributed by atoms with E-state index < -0.39 is 15.9 Å². The molecule has 0 amide bonds. The van der Waals surface area contributed by atoms with Gasteiger partial charge in [-0.1, -0.05) is 6.07 Å². The van der Waals surface area contributed by atoms with Crippen LogP contribution < -0.4 is 10.6 Å². The molecule has 2 rings (SSSR count). The number of sulfone groups is 1. The van der Waals surface area contributed by atoms with E-state index in [1.165, 1.54) is 6.07 Å². The summed E-state index contributed by atoms with van der Waals surface area (Å²) in [6.45, 7) is 6.35. The summed E-state index contributed by atoms with van der Waals surface area (Å²) >= 11 is 1.14. The number of guanidine groups is 1. The Morgan fingerprint density at radius 2 is 2.11 bits per heavy atom. The largest absolute Gasteiger partial charge is 0.464 e. The Kier molecular flexibility index (Phi) is 9.77. The van der Waals surface area contributed by atoms with Gasteiger partial charge in [-0.15, -0.1) is 35.3 Å². The zero-order valence-electron chi connectivity index (χ0n) is 15.5. The number of aryl methyl sites for hydroxylation is 1. The fraction of sp³-hybridized carbons (Fsp3) is 0.471. The molecule has 2 heterocycles. The Hall–Kier alpha value is -1.11. The highest BCUT2D eigenvalue weighted by molar-refractivity contribution is 14.0. The van der Waals surface area contributed by atoms with Crippen LogP contribution in [0.25, 0.3) is 0 Å². The van der Waals surface area contributed by atoms with E-state index in [1.807, 2.05) is 32.9 Å². The van der Waals surface area contributed by atoms with Crippen molar-refractivity contribution in [2.24, 2.45) is 4.99 Å². The van der Waals surface area contributed by atoms with Gasteiger partial charge in [-0.2, -0.15) is 0 Å². The number of halogens is 1. The predicted molar refractivity (Wildman–Crippen MR) is 119 cm³/mol. The summed E-state index contributed by atoms with van der Waals surface area (Å²) in [6, 6.07) is 6.87. The van der Waals surface area contributed by atoms with Crippen LogP contribution in [0.5, 0.6) is 0 Å². The molecule has 2 atom stereocenters. The molecule has 0 saturated carbocycles. The summed E-state index contributed by atoms with van der Waals surface area (Å²) in [5, 5.41) is 18.1. The van der Waals surface area contributed by atoms with Gasteiger partial charge < -0.3 is 20.2 Å². The molecule has 10 heteroatoms. The van der Waals surface area contributed by atoms with E-state index in [2.05, 4.69) is 15.6 Å². The van der Waals surface area contributed by atoms with Crippen LogP contribution in [0.1, 0.15) is 31.4 Å². The van der Waals surface area contributed by atoms with Crippen LogP contribution in [0, 0.1) is 6.92 Å². The molecule has 0 spiro atoms. The van der Waals surface area contributed by atoms with E-state index in [-0.39, 0.29) is 46.5 Å². The first-order valence-corrected chi connectivity index (χ1v) is 10.9. The first-order chi connectivity index (χ1) is 12.3. The van der Waals surface area contributed by atoms with Crippen LogP contribution >= 0.6 is 35.3 Å². The molecule has 2 unspecified atom stereocenters. The van der Waals surface area contributed by atoms with Gasteiger partial charge in [0.05, 0.1) is 24.4 Å². The number of aliphatic hydroxyl groups is 1. The average molecular weight is 527 g/mol. The first-order valence-electron chi connectivity index (χ1n) is 8.37. The molecule has 27 heavy (non-hydrogen) atoms. The van der Waals surface area contributed by atoms with Gasteiger partial charge in [0.1, 0.15) is 15.7 Å². The molecular weight excluding hydrogens is 501 g/mol. The van der Waals surface area contributed by atoms with Crippen LogP contribution in [0.15, 0.2) is 43.3 Å². The zero-order valence-corrected chi connectivity index (χ0v) is 19.5. The SMILES string of the molecule is CCNC(=NCC(O)CS(=O)(=O)c1cccs1)NC(C)c1ccc(C)o1.I. The molecule has 7 nitrogen and oxygen atoms in total. The van der Waals surface area contributed by atoms with E-state index in [0.29, 0.717) is 12.5 Å². The highest BCUT2D eigenvalue weighted by atomic mass is 127. The third-order valence-electron chi connectivity index (χ3n) is 3.56. The van der Waals surface area contributed by atoms with Crippen molar-refractivity contribution in [1.29, 1.82) is 0 Å². The Morgan fingerprint density at radius 1 is 1.37 bits per heavy atom. The topological polar surface area (TPSA) is 104 Å². The highest BCUT2D eigenvalue weighted by Gasteiger charge is 2.21. The van der Waals surface area contributed by atoms with Crippen LogP contribution in [-0.2, 0) is 9.84 Å². The Bertz CT molecular complexity index is 819. The van der Waals surface area contributed by atoms with Crippen molar-refractivity contribution in [3.63, 3.8) is 0 Å². The fourth-order valence-corrected chi connectivity index (χ4v) is 4.78. The second-order valence-corrected chi connectivity index (χ2v) is 9.11. The van der Waals surface area contributed by atoms with Crippen molar-refractivity contribution in [3.8, 4) is 0 Å². The second kappa shape index (κ2) is 11.0. The normalized spacial score (nSPS) is 14.3. The maximum atomic E-state index is 12.2. The van der Waals surface area contributed by atoms with Gasteiger partial charge >= 0.3 is 0 Å². The lowest BCUT2D eigenvalue weighted by Gasteiger charge is -2.17. The molecule has 2 aromatic heterocycles. The third kappa shape index (κ3) is 7.43. The molecule has 0 saturated heterocycles. The van der Waals surface area contributed by atoms with Gasteiger partial charge in [-0.25, -0.2) is 8.42 Å². The minimum absolute atomic E-state index is 0. The van der Waals surface area contributed by atoms with E-state index >= 15 is 0 Å². The maximum absolute atomic E-state index is 12.2. The van der Waals surface area contributed by atoms with E-state index in [4.69, 9.17) is 4.42 Å². The molecule has 0 radical (unpaired) electrons. The van der Waals surface area contributed by atoms with Gasteiger partial charge in [0.25, 0.3) is 0 Å². The van der Waals surface area contributed by atoms with Gasteiger partial charge in [-0.3, -0.25) is 4.99 Å². The molecule has 0 fully saturated rings. The van der Waals surface area contributed by atoms with Gasteiger partial charge in [0.2, 0.25) is 0 Å². The molecule has 0 aliphatic rings. The van der Waals surface area contributed by atoms with Crippen LogP contribution in [-0.4, -0.2) is 44.4 Å². The van der Waals surface area contributed by atoms with Crippen molar-refractivity contribution >= 4 is 51.1 Å². The Labute approximate surface area is 181 Å². The molecular formula is C17H26IN3O4S2. The molecule has 0 aromatic carbocycles. The van der Waals surface area contributed by atoms with Crippen molar-refractivity contribution in [2.45, 2.75) is 37.1 Å². The quantitative estimate of drug-likeness (QED) is 0.277. The Balaban J connectivity index is 0.00000364. The van der Waals surface area contributed by atoms with Crippen LogP contribution in [0.3, 0.4) is 0 Å². The monoisotopic (exact) mass is 527 g/mol. The zero-order chi connectivity index (χ0) is 19.2. The van der Waals surface area contributed by atoms with Crippen LogP contribution in [0.4, 0.5) is 0 Å². The molecule has 152 valence electrons. The lowest BCUT2D eigenvalue weighted by molar-refractivity contribution is 0.206. The number of aliphatic hydroxyl groups excluding tert-OH is 1. The van der Waals surface area contributed by atoms with Crippen molar-refractivity contribution < 1.29 is 17.9 Å². The number of furan rings is 1. The number of rotatable bonds is 8. The van der Waals surface area contributed by atoms with Crippen molar-refractivity contribution in [3.05, 3.63) is 41.2 Å². The van der Waals surface area contributed by atoms with E-state index in [0.717, 1.165) is 22.9 Å². The van der Waals surface area contributed by atoms with E-state index in [9.17, 15) is 13.5 Å². The lowest BCUT2D eigenvalue weighted by Crippen LogP contribution is -2.39. The summed E-state index contributed by atoms with van der Waals surface area (Å²) in [4.78, 5) is 4.29. The van der Waals surface area contributed by atoms with Crippen molar-refractivity contribution in [1.82, 2.24) is 10.6 Å². The Morgan fingerprint density at radius 3 is 2.67 bits per heavy atom. The average Bonchev–Trinajstić information content (AvgIpc) is 3.24. The number of nitrogens with zero attached hydrogens (tertiary/aromatic N) is 1. The number of hydrogen-bond acceptors (Lipinski definition) is 6. The molecule has 2 aromatic rings. The highest BCUT2D eigenvalue weighted by Crippen LogP contribution is 2.18. The van der Waals surface area contributed by atoms with E-state index in [1.54, 1.807) is 11.4 Å².